The number of benzene rings is 1. The third kappa shape index (κ3) is 7.54. The largest absolute Gasteiger partial charge is 0.487 e. The maximum atomic E-state index is 5.72. The standard InChI is InChI=1S/C24H26N4O3/c1-19(28-29-2)24-12-6-10-21(27-24)11-7-15-31-26-16-22-13-14-23(17-25-22)30-18-20-8-4-3-5-9-20/h3-6,8-10,12-14,16-17H,7,11,15,18H2,1-2H3/b26-16+,28-19+. The summed E-state index contributed by atoms with van der Waals surface area (Å²) in [7, 11) is 1.52. The number of aromatic nitrogens is 2. The molecule has 0 aliphatic rings. The monoisotopic (exact) mass is 418 g/mol. The van der Waals surface area contributed by atoms with Crippen molar-refractivity contribution in [1.29, 1.82) is 0 Å². The predicted molar refractivity (Wildman–Crippen MR) is 120 cm³/mol. The van der Waals surface area contributed by atoms with Gasteiger partial charge in [-0.25, -0.2) is 0 Å². The first-order chi connectivity index (χ1) is 15.2. The van der Waals surface area contributed by atoms with Gasteiger partial charge in [0.1, 0.15) is 31.8 Å². The van der Waals surface area contributed by atoms with Crippen molar-refractivity contribution in [2.24, 2.45) is 10.3 Å². The molecule has 31 heavy (non-hydrogen) atoms. The first kappa shape index (κ1) is 22.0. The Kier molecular flexibility index (Phi) is 8.55. The predicted octanol–water partition coefficient (Wildman–Crippen LogP) is 4.41. The van der Waals surface area contributed by atoms with Gasteiger partial charge in [0.2, 0.25) is 0 Å². The number of nitrogens with zero attached hydrogens (tertiary/aromatic N) is 4. The summed E-state index contributed by atoms with van der Waals surface area (Å²) in [6, 6.07) is 19.6. The van der Waals surface area contributed by atoms with E-state index in [0.29, 0.717) is 24.7 Å². The average molecular weight is 418 g/mol. The maximum Gasteiger partial charge on any atom is 0.138 e. The van der Waals surface area contributed by atoms with Gasteiger partial charge >= 0.3 is 0 Å². The molecule has 0 aliphatic carbocycles. The SMILES string of the molecule is CO/N=C(\C)c1cccc(CCCO/N=C/c2ccc(OCc3ccccc3)cn2)n1. The van der Waals surface area contributed by atoms with Crippen molar-refractivity contribution < 1.29 is 14.4 Å². The molecule has 0 atom stereocenters. The van der Waals surface area contributed by atoms with E-state index >= 15 is 0 Å². The Morgan fingerprint density at radius 3 is 2.68 bits per heavy atom. The zero-order chi connectivity index (χ0) is 21.7. The van der Waals surface area contributed by atoms with Crippen molar-refractivity contribution in [2.45, 2.75) is 26.4 Å². The van der Waals surface area contributed by atoms with Crippen molar-refractivity contribution in [2.75, 3.05) is 13.7 Å². The second kappa shape index (κ2) is 12.1. The molecule has 7 heteroatoms. The highest BCUT2D eigenvalue weighted by Crippen LogP contribution is 2.11. The van der Waals surface area contributed by atoms with Crippen molar-refractivity contribution in [3.05, 3.63) is 89.5 Å². The molecule has 160 valence electrons. The van der Waals surface area contributed by atoms with E-state index < -0.39 is 0 Å². The van der Waals surface area contributed by atoms with Gasteiger partial charge < -0.3 is 14.4 Å². The van der Waals surface area contributed by atoms with E-state index in [1.54, 1.807) is 12.4 Å². The molecule has 2 heterocycles. The number of hydrogen-bond acceptors (Lipinski definition) is 7. The van der Waals surface area contributed by atoms with Gasteiger partial charge in [-0.15, -0.1) is 0 Å². The fourth-order valence-corrected chi connectivity index (χ4v) is 2.76. The van der Waals surface area contributed by atoms with Gasteiger partial charge in [0.05, 0.1) is 23.8 Å². The molecule has 3 rings (SSSR count). The fourth-order valence-electron chi connectivity index (χ4n) is 2.76. The van der Waals surface area contributed by atoms with Crippen LogP contribution < -0.4 is 4.74 Å². The maximum absolute atomic E-state index is 5.72. The molecular formula is C24H26N4O3. The van der Waals surface area contributed by atoms with Gasteiger partial charge in [-0.3, -0.25) is 9.97 Å². The summed E-state index contributed by atoms with van der Waals surface area (Å²) < 4.78 is 5.72. The summed E-state index contributed by atoms with van der Waals surface area (Å²) in [6.45, 7) is 2.87. The molecule has 0 spiro atoms. The van der Waals surface area contributed by atoms with Gasteiger partial charge in [-0.05, 0) is 49.6 Å². The molecule has 0 saturated carbocycles. The van der Waals surface area contributed by atoms with Crippen LogP contribution in [0.25, 0.3) is 0 Å². The van der Waals surface area contributed by atoms with Crippen LogP contribution in [0, 0.1) is 0 Å². The normalized spacial score (nSPS) is 11.5. The quantitative estimate of drug-likeness (QED) is 0.262. The Hall–Kier alpha value is -3.74. The lowest BCUT2D eigenvalue weighted by molar-refractivity contribution is 0.143. The van der Waals surface area contributed by atoms with Crippen LogP contribution in [-0.2, 0) is 22.7 Å². The Balaban J connectivity index is 1.37. The van der Waals surface area contributed by atoms with E-state index in [1.165, 1.54) is 7.11 Å². The summed E-state index contributed by atoms with van der Waals surface area (Å²) in [5.74, 6) is 0.711. The van der Waals surface area contributed by atoms with Crippen LogP contribution in [-0.4, -0.2) is 35.6 Å². The van der Waals surface area contributed by atoms with Crippen molar-refractivity contribution in [3.8, 4) is 5.75 Å². The lowest BCUT2D eigenvalue weighted by atomic mass is 10.2. The van der Waals surface area contributed by atoms with E-state index in [1.807, 2.05) is 67.6 Å². The molecule has 3 aromatic rings. The molecule has 0 bridgehead atoms. The third-order valence-corrected chi connectivity index (χ3v) is 4.34. The van der Waals surface area contributed by atoms with Crippen LogP contribution in [0.1, 0.15) is 36.0 Å². The van der Waals surface area contributed by atoms with Crippen molar-refractivity contribution in [3.63, 3.8) is 0 Å². The molecule has 1 aromatic carbocycles. The summed E-state index contributed by atoms with van der Waals surface area (Å²) in [6.07, 6.45) is 4.85. The lowest BCUT2D eigenvalue weighted by Crippen LogP contribution is -2.03. The molecule has 0 N–H and O–H groups in total. The van der Waals surface area contributed by atoms with Gasteiger partial charge in [0, 0.05) is 5.69 Å². The van der Waals surface area contributed by atoms with Crippen molar-refractivity contribution >= 4 is 11.9 Å². The molecule has 7 nitrogen and oxygen atoms in total. The van der Waals surface area contributed by atoms with Crippen LogP contribution in [0.5, 0.6) is 5.75 Å². The molecule has 0 unspecified atom stereocenters. The number of aryl methyl sites for hydroxylation is 1. The first-order valence-corrected chi connectivity index (χ1v) is 10.1. The second-order valence-electron chi connectivity index (χ2n) is 6.74. The Morgan fingerprint density at radius 1 is 1.03 bits per heavy atom. The average Bonchev–Trinajstić information content (AvgIpc) is 2.82. The first-order valence-electron chi connectivity index (χ1n) is 10.1. The summed E-state index contributed by atoms with van der Waals surface area (Å²) in [5.41, 5.74) is 4.34. The summed E-state index contributed by atoms with van der Waals surface area (Å²) in [4.78, 5) is 19.0. The summed E-state index contributed by atoms with van der Waals surface area (Å²) >= 11 is 0. The number of rotatable bonds is 11. The van der Waals surface area contributed by atoms with Gasteiger partial charge in [-0.2, -0.15) is 0 Å². The third-order valence-electron chi connectivity index (χ3n) is 4.34. The lowest BCUT2D eigenvalue weighted by Gasteiger charge is -2.05. The molecule has 0 aliphatic heterocycles. The number of ether oxygens (including phenoxy) is 1. The van der Waals surface area contributed by atoms with E-state index in [-0.39, 0.29) is 0 Å². The van der Waals surface area contributed by atoms with E-state index in [2.05, 4.69) is 20.3 Å². The fraction of sp³-hybridized carbons (Fsp3) is 0.250. The Bertz CT molecular complexity index is 989. The minimum absolute atomic E-state index is 0.492. The molecule has 2 aromatic heterocycles. The molecule has 0 radical (unpaired) electrons. The molecular weight excluding hydrogens is 392 g/mol. The van der Waals surface area contributed by atoms with Crippen LogP contribution in [0.3, 0.4) is 0 Å². The van der Waals surface area contributed by atoms with E-state index in [4.69, 9.17) is 14.4 Å². The van der Waals surface area contributed by atoms with Gasteiger partial charge in [0.25, 0.3) is 0 Å². The highest BCUT2D eigenvalue weighted by Gasteiger charge is 2.02. The molecule has 0 amide bonds. The zero-order valence-corrected chi connectivity index (χ0v) is 17.8. The topological polar surface area (TPSA) is 78.2 Å². The van der Waals surface area contributed by atoms with Crippen molar-refractivity contribution in [1.82, 2.24) is 9.97 Å². The molecule has 0 fully saturated rings. The second-order valence-corrected chi connectivity index (χ2v) is 6.74. The smallest absolute Gasteiger partial charge is 0.138 e. The number of pyridine rings is 2. The Labute approximate surface area is 182 Å². The Morgan fingerprint density at radius 2 is 1.90 bits per heavy atom. The van der Waals surface area contributed by atoms with Crippen LogP contribution in [0.4, 0.5) is 0 Å². The highest BCUT2D eigenvalue weighted by molar-refractivity contribution is 5.96. The highest BCUT2D eigenvalue weighted by atomic mass is 16.6. The zero-order valence-electron chi connectivity index (χ0n) is 17.8. The number of oxime groups is 2. The van der Waals surface area contributed by atoms with Gasteiger partial charge in [0.15, 0.2) is 0 Å². The number of hydrogen-bond donors (Lipinski definition) is 0. The van der Waals surface area contributed by atoms with E-state index in [0.717, 1.165) is 35.5 Å². The van der Waals surface area contributed by atoms with Crippen LogP contribution in [0.15, 0.2) is 77.2 Å². The minimum Gasteiger partial charge on any atom is -0.487 e. The summed E-state index contributed by atoms with van der Waals surface area (Å²) in [5, 5.41) is 7.89. The van der Waals surface area contributed by atoms with E-state index in [9.17, 15) is 0 Å². The minimum atomic E-state index is 0.492. The van der Waals surface area contributed by atoms with Crippen LogP contribution >= 0.6 is 0 Å². The molecule has 0 saturated heterocycles. The van der Waals surface area contributed by atoms with Gasteiger partial charge in [-0.1, -0.05) is 46.7 Å². The van der Waals surface area contributed by atoms with Crippen LogP contribution in [0.2, 0.25) is 0 Å².